The summed E-state index contributed by atoms with van der Waals surface area (Å²) in [5.74, 6) is -0.843. The molecule has 53 heavy (non-hydrogen) atoms. The van der Waals surface area contributed by atoms with E-state index in [2.05, 4.69) is 50.3 Å². The van der Waals surface area contributed by atoms with E-state index in [0.29, 0.717) is 6.42 Å². The molecule has 0 aromatic heterocycles. The Morgan fingerprint density at radius 3 is 1.55 bits per heavy atom. The van der Waals surface area contributed by atoms with Crippen LogP contribution in [0, 0.1) is 0 Å². The standard InChI is InChI=1S/C43H80NO8P/c1-3-5-7-9-11-13-15-17-19-20-22-23-25-27-29-31-33-35-42(45)49-39-41(40-51-53(47,48)50-38-37-44)52-43(46)36-34-32-30-28-26-24-21-18-16-14-12-10-8-6-4-2/h6,8,12,14,18,21,41H,3-5,7,9-11,13,15-17,19-20,22-40,44H2,1-2H3,(H,47,48). The Hall–Kier alpha value is -1.77. The fraction of sp³-hybridized carbons (Fsp3) is 0.814. The predicted molar refractivity (Wildman–Crippen MR) is 220 cm³/mol. The molecule has 0 aromatic carbocycles. The number of ether oxygens (including phenoxy) is 2. The van der Waals surface area contributed by atoms with Gasteiger partial charge in [-0.25, -0.2) is 4.57 Å². The molecule has 310 valence electrons. The number of carbonyl (C=O) groups excluding carboxylic acids is 2. The number of esters is 2. The molecular weight excluding hydrogens is 689 g/mol. The highest BCUT2D eigenvalue weighted by atomic mass is 31.2. The molecule has 0 aliphatic carbocycles. The maximum atomic E-state index is 12.6. The minimum absolute atomic E-state index is 0.0507. The second kappa shape index (κ2) is 39.9. The van der Waals surface area contributed by atoms with Gasteiger partial charge in [0.1, 0.15) is 6.61 Å². The van der Waals surface area contributed by atoms with Gasteiger partial charge >= 0.3 is 19.8 Å². The second-order valence-corrected chi connectivity index (χ2v) is 15.6. The molecular formula is C43H80NO8P. The van der Waals surface area contributed by atoms with Gasteiger partial charge in [-0.2, -0.15) is 0 Å². The Balaban J connectivity index is 4.15. The molecule has 0 spiro atoms. The van der Waals surface area contributed by atoms with E-state index in [0.717, 1.165) is 70.6 Å². The molecule has 0 aliphatic rings. The van der Waals surface area contributed by atoms with Crippen molar-refractivity contribution in [1.82, 2.24) is 0 Å². The minimum Gasteiger partial charge on any atom is -0.462 e. The van der Waals surface area contributed by atoms with Gasteiger partial charge in [0.05, 0.1) is 13.2 Å². The van der Waals surface area contributed by atoms with Gasteiger partial charge in [0.25, 0.3) is 0 Å². The molecule has 0 rings (SSSR count). The molecule has 0 saturated heterocycles. The first-order valence-electron chi connectivity index (χ1n) is 21.5. The molecule has 10 heteroatoms. The lowest BCUT2D eigenvalue weighted by molar-refractivity contribution is -0.161. The van der Waals surface area contributed by atoms with E-state index in [1.165, 1.54) is 89.9 Å². The van der Waals surface area contributed by atoms with Crippen molar-refractivity contribution in [3.8, 4) is 0 Å². The number of allylic oxidation sites excluding steroid dienone is 6. The van der Waals surface area contributed by atoms with Crippen molar-refractivity contribution in [3.05, 3.63) is 36.5 Å². The summed E-state index contributed by atoms with van der Waals surface area (Å²) in [6.07, 6.45) is 43.2. The van der Waals surface area contributed by atoms with Gasteiger partial charge in [-0.05, 0) is 44.9 Å². The van der Waals surface area contributed by atoms with E-state index in [9.17, 15) is 19.0 Å². The zero-order chi connectivity index (χ0) is 38.9. The van der Waals surface area contributed by atoms with Gasteiger partial charge in [0.15, 0.2) is 6.10 Å². The molecule has 0 bridgehead atoms. The first-order valence-corrected chi connectivity index (χ1v) is 23.0. The molecule has 0 saturated carbocycles. The normalized spacial score (nSPS) is 13.7. The summed E-state index contributed by atoms with van der Waals surface area (Å²) in [6.45, 7) is 3.61. The lowest BCUT2D eigenvalue weighted by atomic mass is 10.0. The van der Waals surface area contributed by atoms with Crippen LogP contribution in [0.15, 0.2) is 36.5 Å². The molecule has 3 N–H and O–H groups in total. The van der Waals surface area contributed by atoms with Crippen molar-refractivity contribution in [2.75, 3.05) is 26.4 Å². The molecule has 0 radical (unpaired) electrons. The topological polar surface area (TPSA) is 134 Å². The Morgan fingerprint density at radius 1 is 0.585 bits per heavy atom. The highest BCUT2D eigenvalue weighted by Crippen LogP contribution is 2.43. The van der Waals surface area contributed by atoms with Crippen LogP contribution in [0.2, 0.25) is 0 Å². The first kappa shape index (κ1) is 51.2. The Kier molecular flexibility index (Phi) is 38.6. The third-order valence-electron chi connectivity index (χ3n) is 9.04. The molecule has 0 heterocycles. The Labute approximate surface area is 324 Å². The first-order chi connectivity index (χ1) is 25.8. The molecule has 0 fully saturated rings. The van der Waals surface area contributed by atoms with Crippen LogP contribution >= 0.6 is 7.82 Å². The van der Waals surface area contributed by atoms with Crippen LogP contribution in [-0.4, -0.2) is 49.3 Å². The average Bonchev–Trinajstić information content (AvgIpc) is 3.14. The number of hydrogen-bond acceptors (Lipinski definition) is 8. The fourth-order valence-corrected chi connectivity index (χ4v) is 6.65. The van der Waals surface area contributed by atoms with Gasteiger partial charge in [0.2, 0.25) is 0 Å². The lowest BCUT2D eigenvalue weighted by Gasteiger charge is -2.19. The van der Waals surface area contributed by atoms with Crippen molar-refractivity contribution in [3.63, 3.8) is 0 Å². The third-order valence-corrected chi connectivity index (χ3v) is 10.0. The van der Waals surface area contributed by atoms with Crippen molar-refractivity contribution in [2.24, 2.45) is 5.73 Å². The lowest BCUT2D eigenvalue weighted by Crippen LogP contribution is -2.29. The Bertz CT molecular complexity index is 970. The second-order valence-electron chi connectivity index (χ2n) is 14.2. The van der Waals surface area contributed by atoms with E-state index in [1.807, 2.05) is 0 Å². The molecule has 0 amide bonds. The van der Waals surface area contributed by atoms with Crippen LogP contribution in [0.1, 0.15) is 194 Å². The average molecular weight is 770 g/mol. The summed E-state index contributed by atoms with van der Waals surface area (Å²) < 4.78 is 32.7. The van der Waals surface area contributed by atoms with Crippen molar-refractivity contribution in [1.29, 1.82) is 0 Å². The van der Waals surface area contributed by atoms with E-state index in [1.54, 1.807) is 0 Å². The molecule has 9 nitrogen and oxygen atoms in total. The van der Waals surface area contributed by atoms with Crippen LogP contribution in [-0.2, 0) is 32.7 Å². The maximum absolute atomic E-state index is 12.6. The van der Waals surface area contributed by atoms with Crippen molar-refractivity contribution < 1.29 is 37.6 Å². The summed E-state index contributed by atoms with van der Waals surface area (Å²) in [5.41, 5.74) is 5.34. The zero-order valence-corrected chi connectivity index (χ0v) is 34.9. The number of nitrogens with two attached hydrogens (primary N) is 1. The van der Waals surface area contributed by atoms with Gasteiger partial charge in [-0.1, -0.05) is 172 Å². The number of phosphoric ester groups is 1. The predicted octanol–water partition coefficient (Wildman–Crippen LogP) is 12.2. The summed E-state index contributed by atoms with van der Waals surface area (Å²) in [6, 6.07) is 0. The van der Waals surface area contributed by atoms with Crippen LogP contribution in [0.5, 0.6) is 0 Å². The number of hydrogen-bond donors (Lipinski definition) is 2. The highest BCUT2D eigenvalue weighted by molar-refractivity contribution is 7.47. The molecule has 2 unspecified atom stereocenters. The number of rotatable bonds is 40. The quantitative estimate of drug-likeness (QED) is 0.0270. The summed E-state index contributed by atoms with van der Waals surface area (Å²) in [7, 11) is -4.38. The van der Waals surface area contributed by atoms with Gasteiger partial charge < -0.3 is 20.1 Å². The number of phosphoric acid groups is 1. The van der Waals surface area contributed by atoms with Gasteiger partial charge in [-0.15, -0.1) is 0 Å². The van der Waals surface area contributed by atoms with E-state index < -0.39 is 26.5 Å². The number of carbonyl (C=O) groups is 2. The van der Waals surface area contributed by atoms with Crippen LogP contribution in [0.25, 0.3) is 0 Å². The van der Waals surface area contributed by atoms with Crippen LogP contribution < -0.4 is 5.73 Å². The van der Waals surface area contributed by atoms with E-state index in [4.69, 9.17) is 24.3 Å². The smallest absolute Gasteiger partial charge is 0.462 e. The molecule has 2 atom stereocenters. The van der Waals surface area contributed by atoms with Crippen LogP contribution in [0.4, 0.5) is 0 Å². The SMILES string of the molecule is CCC=CCC=CCC=CCCCCCCCC(=O)OC(COC(=O)CCCCCCCCCCCCCCCCCCC)COP(=O)(O)OCCN. The monoisotopic (exact) mass is 770 g/mol. The maximum Gasteiger partial charge on any atom is 0.472 e. The van der Waals surface area contributed by atoms with Crippen molar-refractivity contribution in [2.45, 2.75) is 200 Å². The minimum atomic E-state index is -4.38. The summed E-state index contributed by atoms with van der Waals surface area (Å²) in [5, 5.41) is 0. The fourth-order valence-electron chi connectivity index (χ4n) is 5.88. The van der Waals surface area contributed by atoms with Crippen LogP contribution in [0.3, 0.4) is 0 Å². The number of unbranched alkanes of at least 4 members (excludes halogenated alkanes) is 21. The third kappa shape index (κ3) is 39.7. The molecule has 0 aliphatic heterocycles. The van der Waals surface area contributed by atoms with Crippen molar-refractivity contribution >= 4 is 19.8 Å². The summed E-state index contributed by atoms with van der Waals surface area (Å²) in [4.78, 5) is 34.8. The van der Waals surface area contributed by atoms with Gasteiger partial charge in [-0.3, -0.25) is 18.6 Å². The highest BCUT2D eigenvalue weighted by Gasteiger charge is 2.26. The zero-order valence-electron chi connectivity index (χ0n) is 34.0. The Morgan fingerprint density at radius 2 is 1.04 bits per heavy atom. The van der Waals surface area contributed by atoms with Gasteiger partial charge in [0, 0.05) is 19.4 Å². The largest absolute Gasteiger partial charge is 0.472 e. The van der Waals surface area contributed by atoms with E-state index >= 15 is 0 Å². The molecule has 0 aromatic rings. The summed E-state index contributed by atoms with van der Waals surface area (Å²) >= 11 is 0. The van der Waals surface area contributed by atoms with E-state index in [-0.39, 0.29) is 38.6 Å².